The normalized spacial score (nSPS) is 21.1. The smallest absolute Gasteiger partial charge is 0.232 e. The van der Waals surface area contributed by atoms with E-state index in [1.165, 1.54) is 12.4 Å². The molecule has 138 valence electrons. The van der Waals surface area contributed by atoms with Crippen molar-refractivity contribution in [3.63, 3.8) is 0 Å². The van der Waals surface area contributed by atoms with Gasteiger partial charge in [-0.25, -0.2) is 17.2 Å². The minimum Gasteiger partial charge on any atom is -0.367 e. The Morgan fingerprint density at radius 3 is 2.85 bits per heavy atom. The highest BCUT2D eigenvalue weighted by Crippen LogP contribution is 2.31. The van der Waals surface area contributed by atoms with E-state index < -0.39 is 45.1 Å². The number of anilines is 1. The number of benzene rings is 1. The Bertz CT molecular complexity index is 941. The van der Waals surface area contributed by atoms with Crippen molar-refractivity contribution in [1.82, 2.24) is 5.32 Å². The van der Waals surface area contributed by atoms with E-state index in [1.807, 2.05) is 0 Å². The van der Waals surface area contributed by atoms with Gasteiger partial charge in [0, 0.05) is 24.0 Å². The monoisotopic (exact) mass is 382 g/mol. The van der Waals surface area contributed by atoms with Gasteiger partial charge in [-0.15, -0.1) is 0 Å². The first-order valence-corrected chi connectivity index (χ1v) is 9.54. The van der Waals surface area contributed by atoms with Crippen LogP contribution in [-0.4, -0.2) is 26.1 Å². The Morgan fingerprint density at radius 2 is 2.12 bits per heavy atom. The highest BCUT2D eigenvalue weighted by molar-refractivity contribution is 7.92. The van der Waals surface area contributed by atoms with Crippen LogP contribution in [-0.2, 0) is 10.0 Å². The molecule has 2 atom stereocenters. The van der Waals surface area contributed by atoms with Crippen LogP contribution in [0, 0.1) is 17.6 Å². The van der Waals surface area contributed by atoms with E-state index >= 15 is 0 Å². The maximum atomic E-state index is 14.2. The van der Waals surface area contributed by atoms with E-state index in [0.717, 1.165) is 6.07 Å². The summed E-state index contributed by atoms with van der Waals surface area (Å²) in [6.45, 7) is 1.67. The van der Waals surface area contributed by atoms with Gasteiger partial charge < -0.3 is 5.32 Å². The summed E-state index contributed by atoms with van der Waals surface area (Å²) in [5.41, 5.74) is -0.566. The first-order chi connectivity index (χ1) is 12.3. The lowest BCUT2D eigenvalue weighted by Crippen LogP contribution is -2.26. The summed E-state index contributed by atoms with van der Waals surface area (Å²) in [5.74, 6) is -4.03. The molecule has 1 aromatic rings. The Hall–Kier alpha value is -2.62. The predicted octanol–water partition coefficient (Wildman–Crippen LogP) is 2.71. The van der Waals surface area contributed by atoms with Gasteiger partial charge in [-0.05, 0) is 12.5 Å². The minimum absolute atomic E-state index is 0.177. The summed E-state index contributed by atoms with van der Waals surface area (Å²) in [7, 11) is -3.71. The average molecular weight is 382 g/mol. The summed E-state index contributed by atoms with van der Waals surface area (Å²) in [4.78, 5) is 12.7. The van der Waals surface area contributed by atoms with E-state index in [1.54, 1.807) is 13.0 Å². The van der Waals surface area contributed by atoms with Crippen molar-refractivity contribution >= 4 is 21.5 Å². The van der Waals surface area contributed by atoms with Crippen molar-refractivity contribution in [3.8, 4) is 0 Å². The summed E-state index contributed by atoms with van der Waals surface area (Å²) in [6, 6.07) is 1.70. The number of ketones is 1. The number of fused-ring (bicyclic) bond motifs is 1. The van der Waals surface area contributed by atoms with E-state index in [-0.39, 0.29) is 17.0 Å². The maximum absolute atomic E-state index is 14.2. The molecule has 0 saturated heterocycles. The molecular weight excluding hydrogens is 366 g/mol. The van der Waals surface area contributed by atoms with Gasteiger partial charge in [0.1, 0.15) is 6.17 Å². The van der Waals surface area contributed by atoms with E-state index in [4.69, 9.17) is 0 Å². The van der Waals surface area contributed by atoms with Gasteiger partial charge in [-0.2, -0.15) is 10.2 Å². The molecule has 0 fully saturated rings. The number of hydrogen-bond donors (Lipinski definition) is 2. The van der Waals surface area contributed by atoms with Crippen molar-refractivity contribution in [2.24, 2.45) is 16.1 Å². The zero-order chi connectivity index (χ0) is 18.9. The zero-order valence-corrected chi connectivity index (χ0v) is 14.6. The summed E-state index contributed by atoms with van der Waals surface area (Å²) in [5, 5.41) is 10.5. The number of nitrogens with one attached hydrogen (secondary N) is 2. The molecule has 26 heavy (non-hydrogen) atoms. The van der Waals surface area contributed by atoms with Crippen LogP contribution in [0.15, 0.2) is 46.4 Å². The minimum atomic E-state index is -3.71. The average Bonchev–Trinajstić information content (AvgIpc) is 3.01. The van der Waals surface area contributed by atoms with Crippen molar-refractivity contribution in [2.45, 2.75) is 19.5 Å². The number of rotatable bonds is 6. The van der Waals surface area contributed by atoms with Crippen LogP contribution in [0.1, 0.15) is 23.7 Å². The van der Waals surface area contributed by atoms with E-state index in [2.05, 4.69) is 20.3 Å². The largest absolute Gasteiger partial charge is 0.367 e. The standard InChI is InChI=1S/C16H16F2N4O3S/c1-2-5-26(24,25)22-9-6-11(14(18)13(17)7-9)15(23)12-8-19-16-10(12)3-4-20-21-16/h3-4,6-8,10,16,19,22H,2,5H2,1H3. The molecule has 7 nitrogen and oxygen atoms in total. The van der Waals surface area contributed by atoms with Crippen LogP contribution in [0.25, 0.3) is 0 Å². The van der Waals surface area contributed by atoms with Gasteiger partial charge >= 0.3 is 0 Å². The number of carbonyl (C=O) groups is 1. The lowest BCUT2D eigenvalue weighted by atomic mass is 9.92. The van der Waals surface area contributed by atoms with Gasteiger partial charge in [-0.3, -0.25) is 9.52 Å². The van der Waals surface area contributed by atoms with Crippen LogP contribution in [0.3, 0.4) is 0 Å². The third kappa shape index (κ3) is 3.50. The predicted molar refractivity (Wildman–Crippen MR) is 90.9 cm³/mol. The molecule has 0 saturated carbocycles. The lowest BCUT2D eigenvalue weighted by Gasteiger charge is -2.17. The molecule has 0 amide bonds. The molecule has 0 aromatic heterocycles. The van der Waals surface area contributed by atoms with Crippen molar-refractivity contribution < 1.29 is 22.0 Å². The number of sulfonamides is 1. The molecule has 10 heteroatoms. The SMILES string of the molecule is CCCS(=O)(=O)Nc1cc(F)c(F)c(C(=O)C2=CNC3N=NC=CC23)c1. The Balaban J connectivity index is 1.93. The summed E-state index contributed by atoms with van der Waals surface area (Å²) >= 11 is 0. The number of nitrogens with zero attached hydrogens (tertiary/aromatic N) is 2. The maximum Gasteiger partial charge on any atom is 0.232 e. The van der Waals surface area contributed by atoms with Gasteiger partial charge in [0.2, 0.25) is 10.0 Å². The quantitative estimate of drug-likeness (QED) is 0.739. The number of Topliss-reactive ketones (excluding diaryl/α,β-unsaturated/α-hetero) is 1. The Morgan fingerprint density at radius 1 is 1.35 bits per heavy atom. The number of hydrogen-bond acceptors (Lipinski definition) is 6. The van der Waals surface area contributed by atoms with Crippen molar-refractivity contribution in [3.05, 3.63) is 53.4 Å². The molecule has 2 N–H and O–H groups in total. The molecule has 2 unspecified atom stereocenters. The molecular formula is C16H16F2N4O3S. The van der Waals surface area contributed by atoms with Crippen LogP contribution in [0.5, 0.6) is 0 Å². The van der Waals surface area contributed by atoms with E-state index in [0.29, 0.717) is 12.5 Å². The number of azo groups is 1. The molecule has 0 bridgehead atoms. The van der Waals surface area contributed by atoms with Gasteiger partial charge in [0.05, 0.1) is 22.9 Å². The van der Waals surface area contributed by atoms with Crippen LogP contribution < -0.4 is 10.0 Å². The molecule has 3 rings (SSSR count). The summed E-state index contributed by atoms with van der Waals surface area (Å²) < 4.78 is 54.0. The third-order valence-corrected chi connectivity index (χ3v) is 5.43. The lowest BCUT2D eigenvalue weighted by molar-refractivity contribution is 0.102. The topological polar surface area (TPSA) is 100.0 Å². The van der Waals surface area contributed by atoms with Gasteiger partial charge in [0.25, 0.3) is 0 Å². The molecule has 2 aliphatic rings. The number of halogens is 2. The second-order valence-electron chi connectivity index (χ2n) is 5.88. The second kappa shape index (κ2) is 6.94. The van der Waals surface area contributed by atoms with Gasteiger partial charge in [-0.1, -0.05) is 13.0 Å². The second-order valence-corrected chi connectivity index (χ2v) is 7.72. The van der Waals surface area contributed by atoms with Crippen molar-refractivity contribution in [2.75, 3.05) is 10.5 Å². The fourth-order valence-corrected chi connectivity index (χ4v) is 3.90. The molecule has 0 spiro atoms. The fraction of sp³-hybridized carbons (Fsp3) is 0.312. The first-order valence-electron chi connectivity index (χ1n) is 7.89. The molecule has 1 aromatic carbocycles. The zero-order valence-electron chi connectivity index (χ0n) is 13.7. The van der Waals surface area contributed by atoms with Crippen LogP contribution in [0.2, 0.25) is 0 Å². The summed E-state index contributed by atoms with van der Waals surface area (Å²) in [6.07, 6.45) is 4.31. The number of carbonyl (C=O) groups excluding carboxylic acids is 1. The highest BCUT2D eigenvalue weighted by Gasteiger charge is 2.35. The van der Waals surface area contributed by atoms with Crippen molar-refractivity contribution in [1.29, 1.82) is 0 Å². The first kappa shape index (κ1) is 18.2. The molecule has 2 heterocycles. The van der Waals surface area contributed by atoms with Gasteiger partial charge in [0.15, 0.2) is 17.4 Å². The van der Waals surface area contributed by atoms with Crippen LogP contribution in [0.4, 0.5) is 14.5 Å². The highest BCUT2D eigenvalue weighted by atomic mass is 32.2. The fourth-order valence-electron chi connectivity index (χ4n) is 2.79. The Kier molecular flexibility index (Phi) is 4.86. The third-order valence-electron chi connectivity index (χ3n) is 3.94. The molecule has 0 aliphatic carbocycles. The van der Waals surface area contributed by atoms with Crippen LogP contribution >= 0.6 is 0 Å². The molecule has 2 aliphatic heterocycles. The molecule has 0 radical (unpaired) electrons. The Labute approximate surface area is 148 Å². The van der Waals surface area contributed by atoms with E-state index in [9.17, 15) is 22.0 Å².